The van der Waals surface area contributed by atoms with Gasteiger partial charge in [-0.25, -0.2) is 0 Å². The topological polar surface area (TPSA) is 70.9 Å². The third-order valence-electron chi connectivity index (χ3n) is 2.92. The number of nitrogens with one attached hydrogen (secondary N) is 2. The number of hydrogen-bond acceptors (Lipinski definition) is 4. The maximum absolute atomic E-state index is 4.16. The van der Waals surface area contributed by atoms with Crippen LogP contribution in [0.25, 0.3) is 5.65 Å². The summed E-state index contributed by atoms with van der Waals surface area (Å²) >= 11 is 0. The summed E-state index contributed by atoms with van der Waals surface area (Å²) in [6, 6.07) is 5.87. The van der Waals surface area contributed by atoms with Crippen molar-refractivity contribution >= 4 is 5.65 Å². The molecular weight excluding hydrogens is 228 g/mol. The van der Waals surface area contributed by atoms with Crippen molar-refractivity contribution in [2.75, 3.05) is 0 Å². The molecule has 0 fully saturated rings. The van der Waals surface area contributed by atoms with Gasteiger partial charge in [-0.05, 0) is 19.1 Å². The third kappa shape index (κ3) is 1.98. The smallest absolute Gasteiger partial charge is 0.160 e. The molecule has 6 heteroatoms. The lowest BCUT2D eigenvalue weighted by molar-refractivity contribution is 0.655. The van der Waals surface area contributed by atoms with Gasteiger partial charge in [0, 0.05) is 24.0 Å². The van der Waals surface area contributed by atoms with Crippen LogP contribution in [0.1, 0.15) is 17.1 Å². The Balaban J connectivity index is 1.68. The number of H-pyrrole nitrogens is 1. The van der Waals surface area contributed by atoms with Gasteiger partial charge in [-0.3, -0.25) is 9.50 Å². The molecule has 0 unspecified atom stereocenters. The summed E-state index contributed by atoms with van der Waals surface area (Å²) in [5.74, 6) is 0.909. The molecule has 0 aliphatic heterocycles. The molecule has 0 aliphatic carbocycles. The fourth-order valence-corrected chi connectivity index (χ4v) is 1.87. The number of aromatic amines is 1. The molecule has 0 bridgehead atoms. The van der Waals surface area contributed by atoms with Gasteiger partial charge in [-0.2, -0.15) is 5.10 Å². The van der Waals surface area contributed by atoms with Crippen LogP contribution in [0.2, 0.25) is 0 Å². The number of rotatable bonds is 4. The van der Waals surface area contributed by atoms with Gasteiger partial charge in [-0.1, -0.05) is 6.07 Å². The van der Waals surface area contributed by atoms with Crippen LogP contribution in [0.15, 0.2) is 30.6 Å². The Morgan fingerprint density at radius 1 is 1.28 bits per heavy atom. The van der Waals surface area contributed by atoms with Crippen LogP contribution >= 0.6 is 0 Å². The SMILES string of the molecule is Cc1[nH]ncc1CNCc1nnc2ccccn12. The highest BCUT2D eigenvalue weighted by atomic mass is 15.3. The summed E-state index contributed by atoms with van der Waals surface area (Å²) < 4.78 is 1.98. The van der Waals surface area contributed by atoms with E-state index in [4.69, 9.17) is 0 Å². The number of aryl methyl sites for hydroxylation is 1. The van der Waals surface area contributed by atoms with E-state index in [0.29, 0.717) is 6.54 Å². The Bertz CT molecular complexity index is 653. The van der Waals surface area contributed by atoms with Gasteiger partial charge in [-0.15, -0.1) is 10.2 Å². The second-order valence-corrected chi connectivity index (χ2v) is 4.17. The van der Waals surface area contributed by atoms with Crippen molar-refractivity contribution in [2.24, 2.45) is 0 Å². The fraction of sp³-hybridized carbons (Fsp3) is 0.250. The van der Waals surface area contributed by atoms with Crippen LogP contribution in [0, 0.1) is 6.92 Å². The predicted molar refractivity (Wildman–Crippen MR) is 66.9 cm³/mol. The van der Waals surface area contributed by atoms with Crippen LogP contribution in [0.4, 0.5) is 0 Å². The number of fused-ring (bicyclic) bond motifs is 1. The van der Waals surface area contributed by atoms with Gasteiger partial charge >= 0.3 is 0 Å². The minimum atomic E-state index is 0.676. The Morgan fingerprint density at radius 3 is 3.06 bits per heavy atom. The Labute approximate surface area is 104 Å². The minimum absolute atomic E-state index is 0.676. The number of aromatic nitrogens is 5. The van der Waals surface area contributed by atoms with Crippen molar-refractivity contribution < 1.29 is 0 Å². The van der Waals surface area contributed by atoms with Crippen LogP contribution in [0.5, 0.6) is 0 Å². The Morgan fingerprint density at radius 2 is 2.22 bits per heavy atom. The molecule has 0 saturated carbocycles. The van der Waals surface area contributed by atoms with Crippen molar-refractivity contribution in [2.45, 2.75) is 20.0 Å². The van der Waals surface area contributed by atoms with Gasteiger partial charge in [0.1, 0.15) is 0 Å². The zero-order valence-electron chi connectivity index (χ0n) is 10.1. The first-order valence-electron chi connectivity index (χ1n) is 5.83. The van der Waals surface area contributed by atoms with Crippen LogP contribution < -0.4 is 5.32 Å². The van der Waals surface area contributed by atoms with Gasteiger partial charge in [0.25, 0.3) is 0 Å². The lowest BCUT2D eigenvalue weighted by Gasteiger charge is -2.02. The van der Waals surface area contributed by atoms with E-state index in [9.17, 15) is 0 Å². The van der Waals surface area contributed by atoms with Crippen LogP contribution in [-0.4, -0.2) is 24.8 Å². The molecule has 0 atom stereocenters. The highest BCUT2D eigenvalue weighted by Gasteiger charge is 2.04. The van der Waals surface area contributed by atoms with Crippen LogP contribution in [0.3, 0.4) is 0 Å². The lowest BCUT2D eigenvalue weighted by Crippen LogP contribution is -2.15. The zero-order valence-corrected chi connectivity index (χ0v) is 10.1. The van der Waals surface area contributed by atoms with Gasteiger partial charge in [0.2, 0.25) is 0 Å². The summed E-state index contributed by atoms with van der Waals surface area (Å²) in [5.41, 5.74) is 3.13. The van der Waals surface area contributed by atoms with E-state index < -0.39 is 0 Å². The normalized spacial score (nSPS) is 11.2. The van der Waals surface area contributed by atoms with E-state index >= 15 is 0 Å². The molecule has 92 valence electrons. The second kappa shape index (κ2) is 4.58. The minimum Gasteiger partial charge on any atom is -0.306 e. The quantitative estimate of drug-likeness (QED) is 0.717. The molecule has 2 N–H and O–H groups in total. The van der Waals surface area contributed by atoms with Crippen LogP contribution in [-0.2, 0) is 13.1 Å². The molecule has 0 saturated heterocycles. The highest BCUT2D eigenvalue weighted by Crippen LogP contribution is 2.04. The van der Waals surface area contributed by atoms with E-state index in [1.165, 1.54) is 5.56 Å². The maximum Gasteiger partial charge on any atom is 0.160 e. The lowest BCUT2D eigenvalue weighted by atomic mass is 10.2. The molecule has 3 aromatic heterocycles. The van der Waals surface area contributed by atoms with Crippen molar-refractivity contribution in [1.29, 1.82) is 0 Å². The summed E-state index contributed by atoms with van der Waals surface area (Å²) in [6.45, 7) is 3.45. The molecule has 0 spiro atoms. The molecule has 3 rings (SSSR count). The molecule has 0 aliphatic rings. The van der Waals surface area contributed by atoms with Gasteiger partial charge < -0.3 is 5.32 Å². The Hall–Kier alpha value is -2.21. The van der Waals surface area contributed by atoms with E-state index in [2.05, 4.69) is 25.7 Å². The van der Waals surface area contributed by atoms with Gasteiger partial charge in [0.15, 0.2) is 11.5 Å². The highest BCUT2D eigenvalue weighted by molar-refractivity contribution is 5.36. The van der Waals surface area contributed by atoms with E-state index in [0.717, 1.165) is 23.7 Å². The van der Waals surface area contributed by atoms with E-state index in [1.807, 2.05) is 41.9 Å². The maximum atomic E-state index is 4.16. The van der Waals surface area contributed by atoms with E-state index in [1.54, 1.807) is 0 Å². The number of nitrogens with zero attached hydrogens (tertiary/aromatic N) is 4. The second-order valence-electron chi connectivity index (χ2n) is 4.17. The fourth-order valence-electron chi connectivity index (χ4n) is 1.87. The first-order chi connectivity index (χ1) is 8.84. The predicted octanol–water partition coefficient (Wildman–Crippen LogP) is 1.05. The molecule has 3 heterocycles. The van der Waals surface area contributed by atoms with Gasteiger partial charge in [0.05, 0.1) is 12.7 Å². The standard InChI is InChI=1S/C12H14N6/c1-9-10(7-14-15-9)6-13-8-12-17-16-11-4-2-3-5-18(11)12/h2-5,7,13H,6,8H2,1H3,(H,14,15). The van der Waals surface area contributed by atoms with E-state index in [-0.39, 0.29) is 0 Å². The summed E-state index contributed by atoms with van der Waals surface area (Å²) in [6.07, 6.45) is 3.81. The van der Waals surface area contributed by atoms with Crippen molar-refractivity contribution in [1.82, 2.24) is 30.1 Å². The molecule has 6 nitrogen and oxygen atoms in total. The first kappa shape index (κ1) is 10.9. The number of pyridine rings is 1. The molecule has 0 aromatic carbocycles. The monoisotopic (exact) mass is 242 g/mol. The molecule has 18 heavy (non-hydrogen) atoms. The van der Waals surface area contributed by atoms with Crippen molar-refractivity contribution in [3.63, 3.8) is 0 Å². The molecule has 0 radical (unpaired) electrons. The first-order valence-corrected chi connectivity index (χ1v) is 5.83. The van der Waals surface area contributed by atoms with Crippen molar-refractivity contribution in [3.05, 3.63) is 47.7 Å². The average Bonchev–Trinajstić information content (AvgIpc) is 2.97. The molecular formula is C12H14N6. The number of hydrogen-bond donors (Lipinski definition) is 2. The third-order valence-corrected chi connectivity index (χ3v) is 2.92. The largest absolute Gasteiger partial charge is 0.306 e. The summed E-state index contributed by atoms with van der Waals surface area (Å²) in [4.78, 5) is 0. The average molecular weight is 242 g/mol. The van der Waals surface area contributed by atoms with Crippen molar-refractivity contribution in [3.8, 4) is 0 Å². The summed E-state index contributed by atoms with van der Waals surface area (Å²) in [7, 11) is 0. The Kier molecular flexibility index (Phi) is 2.77. The summed E-state index contributed by atoms with van der Waals surface area (Å²) in [5, 5.41) is 18.5. The zero-order chi connectivity index (χ0) is 12.4. The molecule has 0 amide bonds. The molecule has 3 aromatic rings.